The number of hydrogen-bond acceptors (Lipinski definition) is 3. The normalized spacial score (nSPS) is 14.1. The Hall–Kier alpha value is -1.35. The van der Waals surface area contributed by atoms with Gasteiger partial charge in [-0.05, 0) is 43.7 Å². The lowest BCUT2D eigenvalue weighted by atomic mass is 9.74. The molecule has 0 radical (unpaired) electrons. The summed E-state index contributed by atoms with van der Waals surface area (Å²) >= 11 is 0. The van der Waals surface area contributed by atoms with Crippen LogP contribution in [0.5, 0.6) is 0 Å². The minimum atomic E-state index is -0.615. The Bertz CT molecular complexity index is 442. The van der Waals surface area contributed by atoms with Gasteiger partial charge in [0.2, 0.25) is 0 Å². The maximum Gasteiger partial charge on any atom is 0.313 e. The minimum Gasteiger partial charge on any atom is -0.466 e. The monoisotopic (exact) mass is 277 g/mol. The average Bonchev–Trinajstić information content (AvgIpc) is 2.40. The van der Waals surface area contributed by atoms with Crippen LogP contribution in [0.25, 0.3) is 0 Å². The molecule has 112 valence electrons. The molecule has 1 atom stereocenters. The van der Waals surface area contributed by atoms with Crippen LogP contribution >= 0.6 is 0 Å². The van der Waals surface area contributed by atoms with Gasteiger partial charge >= 0.3 is 5.97 Å². The molecule has 0 aliphatic rings. The number of carbonyl (C=O) groups excluding carboxylic acids is 1. The highest BCUT2D eigenvalue weighted by molar-refractivity contribution is 5.77. The van der Waals surface area contributed by atoms with E-state index in [4.69, 9.17) is 10.5 Å². The van der Waals surface area contributed by atoms with Gasteiger partial charge in [-0.2, -0.15) is 0 Å². The molecule has 0 bridgehead atoms. The van der Waals surface area contributed by atoms with Crippen LogP contribution in [0.15, 0.2) is 24.3 Å². The third-order valence-corrected chi connectivity index (χ3v) is 3.69. The molecule has 1 aromatic rings. The summed E-state index contributed by atoms with van der Waals surface area (Å²) in [7, 11) is 0. The van der Waals surface area contributed by atoms with Crippen LogP contribution < -0.4 is 5.73 Å². The summed E-state index contributed by atoms with van der Waals surface area (Å²) in [6.45, 7) is 8.84. The van der Waals surface area contributed by atoms with Gasteiger partial charge < -0.3 is 10.5 Å². The molecule has 0 aliphatic carbocycles. The molecular weight excluding hydrogens is 250 g/mol. The average molecular weight is 277 g/mol. The fourth-order valence-electron chi connectivity index (χ4n) is 2.71. The van der Waals surface area contributed by atoms with E-state index in [2.05, 4.69) is 32.9 Å². The summed E-state index contributed by atoms with van der Waals surface area (Å²) in [5, 5.41) is 0. The second kappa shape index (κ2) is 7.44. The highest BCUT2D eigenvalue weighted by Crippen LogP contribution is 2.32. The molecule has 0 aliphatic heterocycles. The van der Waals surface area contributed by atoms with Crippen molar-refractivity contribution in [3.8, 4) is 0 Å². The van der Waals surface area contributed by atoms with Crippen molar-refractivity contribution < 1.29 is 9.53 Å². The maximum atomic E-state index is 12.4. The number of carbonyl (C=O) groups is 1. The highest BCUT2D eigenvalue weighted by atomic mass is 16.5. The number of esters is 1. The van der Waals surface area contributed by atoms with Crippen molar-refractivity contribution >= 4 is 5.97 Å². The largest absolute Gasteiger partial charge is 0.466 e. The molecule has 1 unspecified atom stereocenters. The zero-order chi connectivity index (χ0) is 15.2. The molecule has 0 fully saturated rings. The van der Waals surface area contributed by atoms with Crippen LogP contribution in [0.4, 0.5) is 0 Å². The summed E-state index contributed by atoms with van der Waals surface area (Å²) in [6.07, 6.45) is 1.39. The zero-order valence-corrected chi connectivity index (χ0v) is 13.1. The van der Waals surface area contributed by atoms with Crippen molar-refractivity contribution in [2.75, 3.05) is 13.2 Å². The first kappa shape index (κ1) is 16.7. The van der Waals surface area contributed by atoms with E-state index in [9.17, 15) is 4.79 Å². The molecule has 1 rings (SSSR count). The van der Waals surface area contributed by atoms with Gasteiger partial charge in [-0.1, -0.05) is 38.1 Å². The number of ether oxygens (including phenoxy) is 1. The van der Waals surface area contributed by atoms with Crippen LogP contribution in [0.1, 0.15) is 38.3 Å². The molecule has 2 N–H and O–H groups in total. The lowest BCUT2D eigenvalue weighted by Crippen LogP contribution is -2.43. The number of hydrogen-bond donors (Lipinski definition) is 1. The second-order valence-electron chi connectivity index (χ2n) is 5.91. The Morgan fingerprint density at radius 3 is 2.50 bits per heavy atom. The minimum absolute atomic E-state index is 0.167. The van der Waals surface area contributed by atoms with Gasteiger partial charge in [0, 0.05) is 6.54 Å². The Kier molecular flexibility index (Phi) is 6.21. The van der Waals surface area contributed by atoms with Crippen LogP contribution in [0.2, 0.25) is 0 Å². The molecule has 0 spiro atoms. The van der Waals surface area contributed by atoms with Crippen LogP contribution in [0, 0.1) is 18.3 Å². The molecule has 3 nitrogen and oxygen atoms in total. The van der Waals surface area contributed by atoms with Gasteiger partial charge in [-0.15, -0.1) is 0 Å². The van der Waals surface area contributed by atoms with Gasteiger partial charge in [-0.25, -0.2) is 0 Å². The number of aryl methyl sites for hydroxylation is 1. The van der Waals surface area contributed by atoms with Crippen LogP contribution in [-0.2, 0) is 16.0 Å². The topological polar surface area (TPSA) is 52.3 Å². The predicted molar refractivity (Wildman–Crippen MR) is 82.5 cm³/mol. The number of nitrogens with two attached hydrogens (primary N) is 1. The lowest BCUT2D eigenvalue weighted by molar-refractivity contribution is -0.156. The SMILES string of the molecule is CCOC(=O)C(CN)(Cc1ccccc1C)CC(C)C. The predicted octanol–water partition coefficient (Wildman–Crippen LogP) is 3.09. The summed E-state index contributed by atoms with van der Waals surface area (Å²) in [5.41, 5.74) is 7.74. The fourth-order valence-corrected chi connectivity index (χ4v) is 2.71. The summed E-state index contributed by atoms with van der Waals surface area (Å²) in [4.78, 5) is 12.4. The Morgan fingerprint density at radius 2 is 2.00 bits per heavy atom. The quantitative estimate of drug-likeness (QED) is 0.779. The van der Waals surface area contributed by atoms with Crippen molar-refractivity contribution in [3.63, 3.8) is 0 Å². The molecule has 0 saturated heterocycles. The number of rotatable bonds is 7. The van der Waals surface area contributed by atoms with Crippen molar-refractivity contribution in [2.24, 2.45) is 17.1 Å². The fraction of sp³-hybridized carbons (Fsp3) is 0.588. The van der Waals surface area contributed by atoms with Gasteiger partial charge in [0.1, 0.15) is 0 Å². The Labute approximate surface area is 122 Å². The van der Waals surface area contributed by atoms with E-state index in [1.807, 2.05) is 19.1 Å². The molecule has 3 heteroatoms. The van der Waals surface area contributed by atoms with Gasteiger partial charge in [0.15, 0.2) is 0 Å². The molecule has 0 amide bonds. The van der Waals surface area contributed by atoms with Gasteiger partial charge in [-0.3, -0.25) is 4.79 Å². The first-order chi connectivity index (χ1) is 9.45. The van der Waals surface area contributed by atoms with E-state index in [1.54, 1.807) is 0 Å². The Morgan fingerprint density at radius 1 is 1.35 bits per heavy atom. The van der Waals surface area contributed by atoms with E-state index in [-0.39, 0.29) is 5.97 Å². The van der Waals surface area contributed by atoms with E-state index in [1.165, 1.54) is 11.1 Å². The summed E-state index contributed by atoms with van der Waals surface area (Å²) in [5.74, 6) is 0.228. The lowest BCUT2D eigenvalue weighted by Gasteiger charge is -2.32. The smallest absolute Gasteiger partial charge is 0.313 e. The summed E-state index contributed by atoms with van der Waals surface area (Å²) in [6, 6.07) is 8.15. The molecule has 0 heterocycles. The van der Waals surface area contributed by atoms with Crippen LogP contribution in [0.3, 0.4) is 0 Å². The zero-order valence-electron chi connectivity index (χ0n) is 13.1. The van der Waals surface area contributed by atoms with Crippen LogP contribution in [-0.4, -0.2) is 19.1 Å². The molecular formula is C17H27NO2. The molecule has 0 aromatic heterocycles. The van der Waals surface area contributed by atoms with Gasteiger partial charge in [0.05, 0.1) is 12.0 Å². The Balaban J connectivity index is 3.09. The second-order valence-corrected chi connectivity index (χ2v) is 5.91. The summed E-state index contributed by atoms with van der Waals surface area (Å²) < 4.78 is 5.29. The van der Waals surface area contributed by atoms with E-state index in [0.29, 0.717) is 25.5 Å². The van der Waals surface area contributed by atoms with E-state index >= 15 is 0 Å². The molecule has 0 saturated carbocycles. The van der Waals surface area contributed by atoms with Crippen molar-refractivity contribution in [3.05, 3.63) is 35.4 Å². The number of benzene rings is 1. The van der Waals surface area contributed by atoms with Crippen molar-refractivity contribution in [2.45, 2.75) is 40.5 Å². The van der Waals surface area contributed by atoms with Gasteiger partial charge in [0.25, 0.3) is 0 Å². The third kappa shape index (κ3) is 4.07. The van der Waals surface area contributed by atoms with E-state index in [0.717, 1.165) is 6.42 Å². The third-order valence-electron chi connectivity index (χ3n) is 3.69. The first-order valence-electron chi connectivity index (χ1n) is 7.37. The maximum absolute atomic E-state index is 12.4. The standard InChI is InChI=1S/C17H27NO2/c1-5-20-16(19)17(12-18,10-13(2)3)11-15-9-7-6-8-14(15)4/h6-9,13H,5,10-12,18H2,1-4H3. The van der Waals surface area contributed by atoms with Crippen molar-refractivity contribution in [1.82, 2.24) is 0 Å². The highest BCUT2D eigenvalue weighted by Gasteiger charge is 2.39. The first-order valence-corrected chi connectivity index (χ1v) is 7.37. The van der Waals surface area contributed by atoms with Crippen molar-refractivity contribution in [1.29, 1.82) is 0 Å². The molecule has 1 aromatic carbocycles. The van der Waals surface area contributed by atoms with E-state index < -0.39 is 5.41 Å². The molecule has 20 heavy (non-hydrogen) atoms.